The van der Waals surface area contributed by atoms with Crippen LogP contribution in [0, 0.1) is 0 Å². The van der Waals surface area contributed by atoms with E-state index in [9.17, 15) is 4.79 Å². The Kier molecular flexibility index (Phi) is 2.49. The molecular weight excluding hydrogens is 222 g/mol. The van der Waals surface area contributed by atoms with Crippen molar-refractivity contribution < 1.29 is 4.79 Å². The van der Waals surface area contributed by atoms with Crippen molar-refractivity contribution in [2.75, 3.05) is 5.32 Å². The van der Waals surface area contributed by atoms with Gasteiger partial charge in [0.2, 0.25) is 0 Å². The molecule has 2 aromatic rings. The van der Waals surface area contributed by atoms with Crippen molar-refractivity contribution in [1.82, 2.24) is 0 Å². The molecule has 0 bridgehead atoms. The highest BCUT2D eigenvalue weighted by atomic mass is 16.1. The lowest BCUT2D eigenvalue weighted by Gasteiger charge is -2.12. The average Bonchev–Trinajstić information content (AvgIpc) is 2.57. The van der Waals surface area contributed by atoms with E-state index in [1.165, 1.54) is 0 Å². The molecule has 88 valence electrons. The highest BCUT2D eigenvalue weighted by molar-refractivity contribution is 6.03. The monoisotopic (exact) mass is 235 g/mol. The number of ketones is 1. The van der Waals surface area contributed by atoms with Crippen molar-refractivity contribution in [2.24, 2.45) is 0 Å². The molecule has 2 nitrogen and oxygen atoms in total. The number of hydrogen-bond donors (Lipinski definition) is 1. The Morgan fingerprint density at radius 3 is 2.50 bits per heavy atom. The summed E-state index contributed by atoms with van der Waals surface area (Å²) >= 11 is 0. The summed E-state index contributed by atoms with van der Waals surface area (Å²) in [5.74, 6) is 0.0760. The average molecular weight is 235 g/mol. The van der Waals surface area contributed by atoms with E-state index >= 15 is 0 Å². The van der Waals surface area contributed by atoms with Crippen molar-refractivity contribution in [3.05, 3.63) is 59.2 Å². The highest BCUT2D eigenvalue weighted by Crippen LogP contribution is 2.32. The van der Waals surface area contributed by atoms with Gasteiger partial charge in [0.1, 0.15) is 0 Å². The number of rotatable bonds is 1. The van der Waals surface area contributed by atoms with E-state index in [0.717, 1.165) is 28.1 Å². The van der Waals surface area contributed by atoms with Gasteiger partial charge in [-0.25, -0.2) is 0 Å². The SMILES string of the molecule is CC(=O)c1cccc2c1Nc1ccccc1C=C2. The molecule has 2 heteroatoms. The van der Waals surface area contributed by atoms with Gasteiger partial charge in [-0.1, -0.05) is 42.5 Å². The number of carbonyl (C=O) groups is 1. The molecule has 1 N–H and O–H groups in total. The van der Waals surface area contributed by atoms with Gasteiger partial charge in [0.15, 0.2) is 5.78 Å². The maximum Gasteiger partial charge on any atom is 0.161 e. The number of hydrogen-bond acceptors (Lipinski definition) is 2. The van der Waals surface area contributed by atoms with E-state index in [2.05, 4.69) is 17.5 Å². The van der Waals surface area contributed by atoms with E-state index in [4.69, 9.17) is 0 Å². The Labute approximate surface area is 106 Å². The van der Waals surface area contributed by atoms with Crippen molar-refractivity contribution >= 4 is 29.3 Å². The molecule has 1 heterocycles. The van der Waals surface area contributed by atoms with Gasteiger partial charge in [-0.15, -0.1) is 0 Å². The smallest absolute Gasteiger partial charge is 0.161 e. The first-order chi connectivity index (χ1) is 8.75. The Morgan fingerprint density at radius 2 is 1.67 bits per heavy atom. The first-order valence-electron chi connectivity index (χ1n) is 5.94. The molecule has 0 aromatic heterocycles. The third kappa shape index (κ3) is 1.72. The summed E-state index contributed by atoms with van der Waals surface area (Å²) < 4.78 is 0. The van der Waals surface area contributed by atoms with Crippen LogP contribution in [0.25, 0.3) is 12.2 Å². The minimum absolute atomic E-state index is 0.0760. The molecule has 0 radical (unpaired) electrons. The largest absolute Gasteiger partial charge is 0.354 e. The molecule has 0 spiro atoms. The summed E-state index contributed by atoms with van der Waals surface area (Å²) in [7, 11) is 0. The summed E-state index contributed by atoms with van der Waals surface area (Å²) in [6.07, 6.45) is 4.11. The molecule has 0 atom stereocenters. The number of nitrogens with one attached hydrogen (secondary N) is 1. The van der Waals surface area contributed by atoms with Crippen LogP contribution in [-0.4, -0.2) is 5.78 Å². The Bertz CT molecular complexity index is 656. The standard InChI is InChI=1S/C16H13NO/c1-11(18)14-7-4-6-13-10-9-12-5-2-3-8-15(12)17-16(13)14/h2-10,17H,1H3. The van der Waals surface area contributed by atoms with E-state index in [-0.39, 0.29) is 5.78 Å². The number of para-hydroxylation sites is 2. The quantitative estimate of drug-likeness (QED) is 0.643. The Morgan fingerprint density at radius 1 is 0.944 bits per heavy atom. The van der Waals surface area contributed by atoms with Crippen LogP contribution in [0.15, 0.2) is 42.5 Å². The zero-order chi connectivity index (χ0) is 12.5. The normalized spacial score (nSPS) is 12.1. The van der Waals surface area contributed by atoms with Gasteiger partial charge in [-0.05, 0) is 30.2 Å². The number of anilines is 2. The summed E-state index contributed by atoms with van der Waals surface area (Å²) in [6.45, 7) is 1.60. The predicted molar refractivity (Wildman–Crippen MR) is 75.1 cm³/mol. The number of carbonyl (C=O) groups excluding carboxylic acids is 1. The number of benzene rings is 2. The molecule has 0 saturated carbocycles. The minimum Gasteiger partial charge on any atom is -0.354 e. The third-order valence-electron chi connectivity index (χ3n) is 3.14. The van der Waals surface area contributed by atoms with Crippen LogP contribution in [0.4, 0.5) is 11.4 Å². The maximum atomic E-state index is 11.7. The van der Waals surface area contributed by atoms with Crippen molar-refractivity contribution in [2.45, 2.75) is 6.92 Å². The zero-order valence-electron chi connectivity index (χ0n) is 10.1. The molecular formula is C16H13NO. The van der Waals surface area contributed by atoms with Gasteiger partial charge in [-0.3, -0.25) is 4.79 Å². The molecule has 1 aliphatic heterocycles. The molecule has 0 unspecified atom stereocenters. The molecule has 0 aliphatic carbocycles. The van der Waals surface area contributed by atoms with Crippen LogP contribution in [0.3, 0.4) is 0 Å². The van der Waals surface area contributed by atoms with Crippen LogP contribution < -0.4 is 5.32 Å². The van der Waals surface area contributed by atoms with Crippen LogP contribution in [0.2, 0.25) is 0 Å². The van der Waals surface area contributed by atoms with Gasteiger partial charge >= 0.3 is 0 Å². The molecule has 3 rings (SSSR count). The molecule has 0 saturated heterocycles. The van der Waals surface area contributed by atoms with Crippen molar-refractivity contribution in [1.29, 1.82) is 0 Å². The lowest BCUT2D eigenvalue weighted by molar-refractivity contribution is 0.101. The number of Topliss-reactive ketones (excluding diaryl/α,β-unsaturated/α-hetero) is 1. The second-order valence-corrected chi connectivity index (χ2v) is 4.37. The highest BCUT2D eigenvalue weighted by Gasteiger charge is 2.13. The van der Waals surface area contributed by atoms with Crippen LogP contribution in [0.5, 0.6) is 0 Å². The van der Waals surface area contributed by atoms with Gasteiger partial charge in [0, 0.05) is 11.3 Å². The first kappa shape index (κ1) is 10.8. The molecule has 2 aromatic carbocycles. The van der Waals surface area contributed by atoms with Crippen LogP contribution in [0.1, 0.15) is 28.4 Å². The Hall–Kier alpha value is -2.35. The molecule has 0 amide bonds. The summed E-state index contributed by atoms with van der Waals surface area (Å²) in [5, 5.41) is 3.37. The van der Waals surface area contributed by atoms with E-state index in [1.54, 1.807) is 6.92 Å². The van der Waals surface area contributed by atoms with Gasteiger partial charge in [0.05, 0.1) is 5.69 Å². The van der Waals surface area contributed by atoms with Gasteiger partial charge < -0.3 is 5.32 Å². The Balaban J connectivity index is 2.22. The van der Waals surface area contributed by atoms with Crippen molar-refractivity contribution in [3.63, 3.8) is 0 Å². The molecule has 1 aliphatic rings. The fraction of sp³-hybridized carbons (Fsp3) is 0.0625. The number of fused-ring (bicyclic) bond motifs is 2. The van der Waals surface area contributed by atoms with Crippen LogP contribution in [-0.2, 0) is 0 Å². The first-order valence-corrected chi connectivity index (χ1v) is 5.94. The molecule has 18 heavy (non-hydrogen) atoms. The van der Waals surface area contributed by atoms with E-state index in [1.807, 2.05) is 42.5 Å². The predicted octanol–water partition coefficient (Wildman–Crippen LogP) is 4.12. The van der Waals surface area contributed by atoms with Gasteiger partial charge in [0.25, 0.3) is 0 Å². The summed E-state index contributed by atoms with van der Waals surface area (Å²) in [5.41, 5.74) is 4.82. The zero-order valence-corrected chi connectivity index (χ0v) is 10.1. The molecule has 0 fully saturated rings. The topological polar surface area (TPSA) is 29.1 Å². The third-order valence-corrected chi connectivity index (χ3v) is 3.14. The minimum atomic E-state index is 0.0760. The maximum absolute atomic E-state index is 11.7. The fourth-order valence-corrected chi connectivity index (χ4v) is 2.21. The van der Waals surface area contributed by atoms with Crippen LogP contribution >= 0.6 is 0 Å². The van der Waals surface area contributed by atoms with E-state index < -0.39 is 0 Å². The second-order valence-electron chi connectivity index (χ2n) is 4.37. The fourth-order valence-electron chi connectivity index (χ4n) is 2.21. The van der Waals surface area contributed by atoms with Crippen molar-refractivity contribution in [3.8, 4) is 0 Å². The lowest BCUT2D eigenvalue weighted by Crippen LogP contribution is -2.02. The summed E-state index contributed by atoms with van der Waals surface area (Å²) in [4.78, 5) is 11.7. The van der Waals surface area contributed by atoms with E-state index in [0.29, 0.717) is 0 Å². The summed E-state index contributed by atoms with van der Waals surface area (Å²) in [6, 6.07) is 13.8. The van der Waals surface area contributed by atoms with Gasteiger partial charge in [-0.2, -0.15) is 0 Å². The lowest BCUT2D eigenvalue weighted by atomic mass is 10.0. The second kappa shape index (κ2) is 4.15.